The summed E-state index contributed by atoms with van der Waals surface area (Å²) in [5.74, 6) is 1.19. The number of ether oxygens (including phenoxy) is 1. The quantitative estimate of drug-likeness (QED) is 0.724. The SMILES string of the molecule is CCCOCCC1CC(c2ccccc2)CCC1=O. The molecule has 1 aliphatic rings. The molecule has 0 N–H and O–H groups in total. The van der Waals surface area contributed by atoms with Gasteiger partial charge in [0.15, 0.2) is 0 Å². The molecule has 1 aliphatic carbocycles. The van der Waals surface area contributed by atoms with Crippen LogP contribution in [-0.4, -0.2) is 19.0 Å². The van der Waals surface area contributed by atoms with Crippen LogP contribution in [0.25, 0.3) is 0 Å². The fourth-order valence-electron chi connectivity index (χ4n) is 2.89. The minimum atomic E-state index is 0.204. The average Bonchev–Trinajstić information content (AvgIpc) is 2.46. The van der Waals surface area contributed by atoms with Crippen molar-refractivity contribution in [1.82, 2.24) is 0 Å². The first-order chi connectivity index (χ1) is 9.31. The Hall–Kier alpha value is -1.15. The number of hydrogen-bond donors (Lipinski definition) is 0. The van der Waals surface area contributed by atoms with Crippen LogP contribution in [0.2, 0.25) is 0 Å². The van der Waals surface area contributed by atoms with E-state index >= 15 is 0 Å². The summed E-state index contributed by atoms with van der Waals surface area (Å²) < 4.78 is 5.52. The second kappa shape index (κ2) is 7.44. The fourth-order valence-corrected chi connectivity index (χ4v) is 2.89. The first kappa shape index (κ1) is 14.3. The van der Waals surface area contributed by atoms with Gasteiger partial charge >= 0.3 is 0 Å². The highest BCUT2D eigenvalue weighted by Gasteiger charge is 2.29. The van der Waals surface area contributed by atoms with Gasteiger partial charge in [-0.2, -0.15) is 0 Å². The molecule has 19 heavy (non-hydrogen) atoms. The first-order valence-corrected chi connectivity index (χ1v) is 7.46. The van der Waals surface area contributed by atoms with Crippen LogP contribution in [0.1, 0.15) is 50.5 Å². The third-order valence-electron chi connectivity index (χ3n) is 3.99. The predicted octanol–water partition coefficient (Wildman–Crippen LogP) is 3.96. The van der Waals surface area contributed by atoms with E-state index in [1.165, 1.54) is 5.56 Å². The van der Waals surface area contributed by atoms with Crippen molar-refractivity contribution in [2.75, 3.05) is 13.2 Å². The molecule has 1 saturated carbocycles. The van der Waals surface area contributed by atoms with Crippen LogP contribution in [0, 0.1) is 5.92 Å². The van der Waals surface area contributed by atoms with Crippen molar-refractivity contribution in [1.29, 1.82) is 0 Å². The fraction of sp³-hybridized carbons (Fsp3) is 0.588. The summed E-state index contributed by atoms with van der Waals surface area (Å²) in [5, 5.41) is 0. The molecule has 0 heterocycles. The highest BCUT2D eigenvalue weighted by Crippen LogP contribution is 2.35. The molecule has 2 heteroatoms. The second-order valence-electron chi connectivity index (χ2n) is 5.45. The molecule has 0 radical (unpaired) electrons. The minimum Gasteiger partial charge on any atom is -0.381 e. The van der Waals surface area contributed by atoms with Crippen LogP contribution in [-0.2, 0) is 9.53 Å². The maximum absolute atomic E-state index is 12.0. The smallest absolute Gasteiger partial charge is 0.136 e. The second-order valence-corrected chi connectivity index (χ2v) is 5.45. The highest BCUT2D eigenvalue weighted by molar-refractivity contribution is 5.82. The zero-order valence-electron chi connectivity index (χ0n) is 11.8. The molecule has 0 saturated heterocycles. The van der Waals surface area contributed by atoms with Gasteiger partial charge in [0.2, 0.25) is 0 Å². The van der Waals surface area contributed by atoms with Crippen molar-refractivity contribution in [2.45, 2.75) is 44.9 Å². The summed E-state index contributed by atoms with van der Waals surface area (Å²) in [6.45, 7) is 3.64. The number of ketones is 1. The lowest BCUT2D eigenvalue weighted by atomic mass is 9.76. The van der Waals surface area contributed by atoms with E-state index in [0.717, 1.165) is 45.3 Å². The van der Waals surface area contributed by atoms with Gasteiger partial charge in [-0.25, -0.2) is 0 Å². The summed E-state index contributed by atoms with van der Waals surface area (Å²) in [7, 11) is 0. The van der Waals surface area contributed by atoms with E-state index in [-0.39, 0.29) is 5.92 Å². The molecule has 2 unspecified atom stereocenters. The molecular weight excluding hydrogens is 236 g/mol. The number of hydrogen-bond acceptors (Lipinski definition) is 2. The summed E-state index contributed by atoms with van der Waals surface area (Å²) in [6, 6.07) is 10.6. The molecule has 1 aromatic rings. The number of carbonyl (C=O) groups excluding carboxylic acids is 1. The third kappa shape index (κ3) is 4.17. The van der Waals surface area contributed by atoms with Crippen LogP contribution < -0.4 is 0 Å². The monoisotopic (exact) mass is 260 g/mol. The van der Waals surface area contributed by atoms with Crippen LogP contribution in [0.4, 0.5) is 0 Å². The molecule has 0 aromatic heterocycles. The summed E-state index contributed by atoms with van der Waals surface area (Å²) in [6.07, 6.45) is 4.68. The standard InChI is InChI=1S/C17H24O2/c1-2-11-19-12-10-16-13-15(8-9-17(16)18)14-6-4-3-5-7-14/h3-7,15-16H,2,8-13H2,1H3. The number of benzene rings is 1. The lowest BCUT2D eigenvalue weighted by Gasteiger charge is -2.28. The Balaban J connectivity index is 1.87. The molecule has 0 spiro atoms. The topological polar surface area (TPSA) is 26.3 Å². The van der Waals surface area contributed by atoms with Gasteiger partial charge < -0.3 is 4.74 Å². The van der Waals surface area contributed by atoms with Crippen molar-refractivity contribution in [2.24, 2.45) is 5.92 Å². The van der Waals surface area contributed by atoms with Gasteiger partial charge in [0.05, 0.1) is 0 Å². The van der Waals surface area contributed by atoms with E-state index < -0.39 is 0 Å². The molecule has 0 bridgehead atoms. The molecule has 0 amide bonds. The molecule has 1 fully saturated rings. The van der Waals surface area contributed by atoms with Gasteiger partial charge in [-0.3, -0.25) is 4.79 Å². The van der Waals surface area contributed by atoms with Crippen molar-refractivity contribution < 1.29 is 9.53 Å². The van der Waals surface area contributed by atoms with Gasteiger partial charge in [-0.1, -0.05) is 37.3 Å². The van der Waals surface area contributed by atoms with E-state index in [9.17, 15) is 4.79 Å². The van der Waals surface area contributed by atoms with Crippen LogP contribution >= 0.6 is 0 Å². The third-order valence-corrected chi connectivity index (χ3v) is 3.99. The molecule has 1 aromatic carbocycles. The van der Waals surface area contributed by atoms with E-state index in [2.05, 4.69) is 31.2 Å². The van der Waals surface area contributed by atoms with Gasteiger partial charge in [0, 0.05) is 25.6 Å². The maximum Gasteiger partial charge on any atom is 0.136 e. The zero-order chi connectivity index (χ0) is 13.5. The maximum atomic E-state index is 12.0. The van der Waals surface area contributed by atoms with Gasteiger partial charge in [0.1, 0.15) is 5.78 Å². The summed E-state index contributed by atoms with van der Waals surface area (Å²) in [4.78, 5) is 12.0. The van der Waals surface area contributed by atoms with E-state index in [1.54, 1.807) is 0 Å². The Bertz CT molecular complexity index is 386. The van der Waals surface area contributed by atoms with Crippen LogP contribution in [0.3, 0.4) is 0 Å². The van der Waals surface area contributed by atoms with Crippen molar-refractivity contribution >= 4 is 5.78 Å². The van der Waals surface area contributed by atoms with Crippen LogP contribution in [0.15, 0.2) is 30.3 Å². The predicted molar refractivity (Wildman–Crippen MR) is 77.3 cm³/mol. The Kier molecular flexibility index (Phi) is 5.59. The molecule has 2 nitrogen and oxygen atoms in total. The van der Waals surface area contributed by atoms with Gasteiger partial charge in [0.25, 0.3) is 0 Å². The number of rotatable bonds is 6. The largest absolute Gasteiger partial charge is 0.381 e. The minimum absolute atomic E-state index is 0.204. The Labute approximate surface area is 116 Å². The van der Waals surface area contributed by atoms with E-state index in [4.69, 9.17) is 4.74 Å². The highest BCUT2D eigenvalue weighted by atomic mass is 16.5. The average molecular weight is 260 g/mol. The van der Waals surface area contributed by atoms with Crippen molar-refractivity contribution in [3.8, 4) is 0 Å². The molecule has 0 aliphatic heterocycles. The van der Waals surface area contributed by atoms with Gasteiger partial charge in [-0.15, -0.1) is 0 Å². The van der Waals surface area contributed by atoms with Crippen LogP contribution in [0.5, 0.6) is 0 Å². The lowest BCUT2D eigenvalue weighted by molar-refractivity contribution is -0.125. The molecule has 2 atom stereocenters. The van der Waals surface area contributed by atoms with Gasteiger partial charge in [-0.05, 0) is 37.2 Å². The lowest BCUT2D eigenvalue weighted by Crippen LogP contribution is -2.25. The molecule has 2 rings (SSSR count). The number of carbonyl (C=O) groups is 1. The molecular formula is C17H24O2. The molecule has 104 valence electrons. The normalized spacial score (nSPS) is 23.5. The van der Waals surface area contributed by atoms with E-state index in [0.29, 0.717) is 11.7 Å². The van der Waals surface area contributed by atoms with E-state index in [1.807, 2.05) is 6.07 Å². The Morgan fingerprint density at radius 1 is 1.21 bits per heavy atom. The Morgan fingerprint density at radius 3 is 2.74 bits per heavy atom. The summed E-state index contributed by atoms with van der Waals surface area (Å²) >= 11 is 0. The summed E-state index contributed by atoms with van der Waals surface area (Å²) in [5.41, 5.74) is 1.38. The zero-order valence-corrected chi connectivity index (χ0v) is 11.8. The Morgan fingerprint density at radius 2 is 2.00 bits per heavy atom. The number of Topliss-reactive ketones (excluding diaryl/α,β-unsaturated/α-hetero) is 1. The first-order valence-electron chi connectivity index (χ1n) is 7.46. The van der Waals surface area contributed by atoms with Crippen molar-refractivity contribution in [3.05, 3.63) is 35.9 Å². The van der Waals surface area contributed by atoms with Crippen molar-refractivity contribution in [3.63, 3.8) is 0 Å².